The second-order valence-corrected chi connectivity index (χ2v) is 7.10. The summed E-state index contributed by atoms with van der Waals surface area (Å²) in [5.41, 5.74) is -0.565. The number of piperazine rings is 1. The zero-order valence-corrected chi connectivity index (χ0v) is 12.8. The van der Waals surface area contributed by atoms with E-state index in [-0.39, 0.29) is 13.1 Å². The Morgan fingerprint density at radius 3 is 2.38 bits per heavy atom. The molecule has 116 valence electrons. The minimum Gasteiger partial charge on any atom is -0.478 e. The molecule has 0 unspecified atom stereocenters. The molecule has 1 saturated heterocycles. The Bertz CT molecular complexity index is 672. The number of hydrogen-bond donors (Lipinski definition) is 1. The standard InChI is InChI=1S/C12H14ClFN2O4S/c1-15-2-4-16(5-3-15)21(19,20)8-6-9(12(17)18)11(13)10(14)7-8/h6-7H,2-5H2,1H3,(H,17,18). The van der Waals surface area contributed by atoms with Gasteiger partial charge in [-0.15, -0.1) is 0 Å². The first-order valence-electron chi connectivity index (χ1n) is 6.14. The third kappa shape index (κ3) is 3.18. The van der Waals surface area contributed by atoms with Crippen LogP contribution in [0.25, 0.3) is 0 Å². The predicted molar refractivity (Wildman–Crippen MR) is 74.6 cm³/mol. The molecule has 0 saturated carbocycles. The van der Waals surface area contributed by atoms with Gasteiger partial charge in [0.2, 0.25) is 10.0 Å². The van der Waals surface area contributed by atoms with Crippen LogP contribution in [-0.4, -0.2) is 61.9 Å². The Hall–Kier alpha value is -1.22. The van der Waals surface area contributed by atoms with Gasteiger partial charge in [0.25, 0.3) is 0 Å². The summed E-state index contributed by atoms with van der Waals surface area (Å²) in [6, 6.07) is 1.64. The van der Waals surface area contributed by atoms with Gasteiger partial charge in [-0.05, 0) is 19.2 Å². The first-order valence-corrected chi connectivity index (χ1v) is 7.96. The molecule has 0 bridgehead atoms. The van der Waals surface area contributed by atoms with Crippen molar-refractivity contribution in [1.82, 2.24) is 9.21 Å². The van der Waals surface area contributed by atoms with Gasteiger partial charge in [-0.2, -0.15) is 4.31 Å². The molecule has 0 aromatic heterocycles. The Morgan fingerprint density at radius 2 is 1.86 bits per heavy atom. The van der Waals surface area contributed by atoms with E-state index in [1.54, 1.807) is 0 Å². The molecule has 1 heterocycles. The van der Waals surface area contributed by atoms with Crippen molar-refractivity contribution in [2.24, 2.45) is 0 Å². The number of hydrogen-bond acceptors (Lipinski definition) is 4. The van der Waals surface area contributed by atoms with Gasteiger partial charge in [-0.25, -0.2) is 17.6 Å². The molecule has 6 nitrogen and oxygen atoms in total. The summed E-state index contributed by atoms with van der Waals surface area (Å²) >= 11 is 5.54. The van der Waals surface area contributed by atoms with E-state index in [1.165, 1.54) is 4.31 Å². The molecule has 21 heavy (non-hydrogen) atoms. The largest absolute Gasteiger partial charge is 0.478 e. The third-order valence-corrected chi connectivity index (χ3v) is 5.59. The zero-order chi connectivity index (χ0) is 15.8. The first kappa shape index (κ1) is 16.2. The summed E-state index contributed by atoms with van der Waals surface area (Å²) < 4.78 is 39.8. The first-order chi connectivity index (χ1) is 9.73. The van der Waals surface area contributed by atoms with E-state index in [9.17, 15) is 17.6 Å². The molecule has 1 aromatic rings. The fourth-order valence-electron chi connectivity index (χ4n) is 2.05. The normalized spacial score (nSPS) is 17.9. The maximum absolute atomic E-state index is 13.7. The topological polar surface area (TPSA) is 77.9 Å². The summed E-state index contributed by atoms with van der Waals surface area (Å²) in [7, 11) is -2.07. The fraction of sp³-hybridized carbons (Fsp3) is 0.417. The Balaban J connectivity index is 2.43. The van der Waals surface area contributed by atoms with Crippen LogP contribution in [0.5, 0.6) is 0 Å². The highest BCUT2D eigenvalue weighted by atomic mass is 35.5. The van der Waals surface area contributed by atoms with Gasteiger partial charge in [0, 0.05) is 26.2 Å². The molecule has 1 fully saturated rings. The van der Waals surface area contributed by atoms with Gasteiger partial charge in [0.15, 0.2) is 0 Å². The number of carboxylic acids is 1. The van der Waals surface area contributed by atoms with Crippen LogP contribution in [0.3, 0.4) is 0 Å². The molecular formula is C12H14ClFN2O4S. The van der Waals surface area contributed by atoms with Gasteiger partial charge >= 0.3 is 5.97 Å². The molecule has 0 spiro atoms. The molecule has 0 aliphatic carbocycles. The summed E-state index contributed by atoms with van der Waals surface area (Å²) in [5, 5.41) is 8.36. The number of rotatable bonds is 3. The van der Waals surface area contributed by atoms with Crippen LogP contribution < -0.4 is 0 Å². The predicted octanol–water partition coefficient (Wildman–Crippen LogP) is 1.11. The molecular weight excluding hydrogens is 323 g/mol. The fourth-order valence-corrected chi connectivity index (χ4v) is 3.70. The number of aromatic carboxylic acids is 1. The third-order valence-electron chi connectivity index (χ3n) is 3.33. The molecule has 1 N–H and O–H groups in total. The highest BCUT2D eigenvalue weighted by molar-refractivity contribution is 7.89. The molecule has 2 rings (SSSR count). The number of benzene rings is 1. The number of carbonyl (C=O) groups is 1. The quantitative estimate of drug-likeness (QED) is 0.894. The van der Waals surface area contributed by atoms with Crippen molar-refractivity contribution in [2.75, 3.05) is 33.2 Å². The lowest BCUT2D eigenvalue weighted by Crippen LogP contribution is -2.47. The minimum atomic E-state index is -3.94. The Kier molecular flexibility index (Phi) is 4.52. The molecule has 9 heteroatoms. The van der Waals surface area contributed by atoms with E-state index in [0.29, 0.717) is 13.1 Å². The SMILES string of the molecule is CN1CCN(S(=O)(=O)c2cc(F)c(Cl)c(C(=O)O)c2)CC1. The summed E-state index contributed by atoms with van der Waals surface area (Å²) in [4.78, 5) is 12.6. The lowest BCUT2D eigenvalue weighted by Gasteiger charge is -2.31. The second kappa shape index (κ2) is 5.88. The van der Waals surface area contributed by atoms with E-state index in [1.807, 2.05) is 11.9 Å². The molecule has 1 aromatic carbocycles. The maximum Gasteiger partial charge on any atom is 0.337 e. The average molecular weight is 337 g/mol. The molecule has 0 amide bonds. The highest BCUT2D eigenvalue weighted by Crippen LogP contribution is 2.26. The lowest BCUT2D eigenvalue weighted by molar-refractivity contribution is 0.0696. The van der Waals surface area contributed by atoms with E-state index in [2.05, 4.69) is 0 Å². The van der Waals surface area contributed by atoms with Crippen molar-refractivity contribution in [3.8, 4) is 0 Å². The molecule has 1 aliphatic heterocycles. The number of nitrogens with zero attached hydrogens (tertiary/aromatic N) is 2. The van der Waals surface area contributed by atoms with Gasteiger partial charge < -0.3 is 10.0 Å². The zero-order valence-electron chi connectivity index (χ0n) is 11.2. The smallest absolute Gasteiger partial charge is 0.337 e. The number of likely N-dealkylation sites (N-methyl/N-ethyl adjacent to an activating group) is 1. The van der Waals surface area contributed by atoms with Crippen LogP contribution >= 0.6 is 11.6 Å². The van der Waals surface area contributed by atoms with E-state index >= 15 is 0 Å². The number of halogens is 2. The second-order valence-electron chi connectivity index (χ2n) is 4.78. The Morgan fingerprint density at radius 1 is 1.29 bits per heavy atom. The molecule has 0 radical (unpaired) electrons. The number of sulfonamides is 1. The summed E-state index contributed by atoms with van der Waals surface area (Å²) in [6.07, 6.45) is 0. The van der Waals surface area contributed by atoms with Crippen molar-refractivity contribution in [3.05, 3.63) is 28.5 Å². The Labute approximate surface area is 126 Å². The van der Waals surface area contributed by atoms with Crippen molar-refractivity contribution in [3.63, 3.8) is 0 Å². The van der Waals surface area contributed by atoms with Crippen molar-refractivity contribution < 1.29 is 22.7 Å². The van der Waals surface area contributed by atoms with Crippen LogP contribution in [0.1, 0.15) is 10.4 Å². The average Bonchev–Trinajstić information content (AvgIpc) is 2.41. The molecule has 0 atom stereocenters. The van der Waals surface area contributed by atoms with Crippen molar-refractivity contribution >= 4 is 27.6 Å². The summed E-state index contributed by atoms with van der Waals surface area (Å²) in [5.74, 6) is -2.54. The van der Waals surface area contributed by atoms with Crippen LogP contribution in [0.4, 0.5) is 4.39 Å². The van der Waals surface area contributed by atoms with Crippen LogP contribution in [0.15, 0.2) is 17.0 Å². The number of carboxylic acid groups (broad SMARTS) is 1. The van der Waals surface area contributed by atoms with Crippen molar-refractivity contribution in [2.45, 2.75) is 4.90 Å². The van der Waals surface area contributed by atoms with E-state index in [4.69, 9.17) is 16.7 Å². The van der Waals surface area contributed by atoms with Crippen LogP contribution in [0.2, 0.25) is 5.02 Å². The van der Waals surface area contributed by atoms with Crippen molar-refractivity contribution in [1.29, 1.82) is 0 Å². The maximum atomic E-state index is 13.7. The lowest BCUT2D eigenvalue weighted by atomic mass is 10.2. The van der Waals surface area contributed by atoms with Gasteiger partial charge in [-0.1, -0.05) is 11.6 Å². The molecule has 1 aliphatic rings. The van der Waals surface area contributed by atoms with E-state index in [0.717, 1.165) is 12.1 Å². The minimum absolute atomic E-state index is 0.269. The van der Waals surface area contributed by atoms with Gasteiger partial charge in [-0.3, -0.25) is 0 Å². The van der Waals surface area contributed by atoms with E-state index < -0.39 is 37.3 Å². The van der Waals surface area contributed by atoms with Crippen LogP contribution in [-0.2, 0) is 10.0 Å². The highest BCUT2D eigenvalue weighted by Gasteiger charge is 2.29. The summed E-state index contributed by atoms with van der Waals surface area (Å²) in [6.45, 7) is 1.65. The van der Waals surface area contributed by atoms with Gasteiger partial charge in [0.1, 0.15) is 5.82 Å². The van der Waals surface area contributed by atoms with Gasteiger partial charge in [0.05, 0.1) is 15.5 Å². The van der Waals surface area contributed by atoms with Crippen LogP contribution in [0, 0.1) is 5.82 Å². The monoisotopic (exact) mass is 336 g/mol.